The van der Waals surface area contributed by atoms with Crippen molar-refractivity contribution in [3.63, 3.8) is 0 Å². The van der Waals surface area contributed by atoms with Crippen LogP contribution >= 0.6 is 0 Å². The van der Waals surface area contributed by atoms with Gasteiger partial charge in [0.25, 0.3) is 0 Å². The van der Waals surface area contributed by atoms with Crippen LogP contribution in [0.5, 0.6) is 0 Å². The molecule has 1 atom stereocenters. The van der Waals surface area contributed by atoms with E-state index in [4.69, 9.17) is 15.6 Å². The maximum absolute atomic E-state index is 11.6. The lowest BCUT2D eigenvalue weighted by molar-refractivity contribution is -0.169. The second-order valence-electron chi connectivity index (χ2n) is 4.53. The lowest BCUT2D eigenvalue weighted by Gasteiger charge is -2.27. The zero-order valence-electron chi connectivity index (χ0n) is 9.66. The van der Waals surface area contributed by atoms with Gasteiger partial charge in [0.1, 0.15) is 5.60 Å². The number of esters is 1. The van der Waals surface area contributed by atoms with Gasteiger partial charge in [0.2, 0.25) is 5.54 Å². The second-order valence-corrected chi connectivity index (χ2v) is 4.53. The molecule has 0 heterocycles. The standard InChI is InChI=1S/C10H19NO4/c1-5-6-10(11,7(12)13)8(14)15-9(2,3)4/h5-6,11H2,1-4H3,(H,12,13). The molecule has 15 heavy (non-hydrogen) atoms. The minimum Gasteiger partial charge on any atom is -0.479 e. The average molecular weight is 217 g/mol. The molecule has 0 spiro atoms. The fourth-order valence-corrected chi connectivity index (χ4v) is 1.06. The first kappa shape index (κ1) is 13.9. The van der Waals surface area contributed by atoms with Crippen LogP contribution in [-0.2, 0) is 14.3 Å². The Morgan fingerprint density at radius 2 is 1.80 bits per heavy atom. The van der Waals surface area contributed by atoms with Crippen LogP contribution in [0.25, 0.3) is 0 Å². The fraction of sp³-hybridized carbons (Fsp3) is 0.800. The van der Waals surface area contributed by atoms with Crippen molar-refractivity contribution in [2.45, 2.75) is 51.7 Å². The van der Waals surface area contributed by atoms with Gasteiger partial charge in [-0.1, -0.05) is 13.3 Å². The summed E-state index contributed by atoms with van der Waals surface area (Å²) in [5, 5.41) is 8.91. The Bertz CT molecular complexity index is 257. The highest BCUT2D eigenvalue weighted by Gasteiger charge is 2.44. The highest BCUT2D eigenvalue weighted by molar-refractivity contribution is 6.03. The molecule has 0 aliphatic carbocycles. The van der Waals surface area contributed by atoms with Gasteiger partial charge < -0.3 is 15.6 Å². The molecule has 0 rings (SSSR count). The van der Waals surface area contributed by atoms with Crippen LogP contribution in [0.1, 0.15) is 40.5 Å². The molecule has 0 aromatic carbocycles. The first-order valence-corrected chi connectivity index (χ1v) is 4.89. The molecule has 5 nitrogen and oxygen atoms in total. The average Bonchev–Trinajstić information content (AvgIpc) is 2.00. The summed E-state index contributed by atoms with van der Waals surface area (Å²) < 4.78 is 4.97. The number of nitrogens with two attached hydrogens (primary N) is 1. The molecule has 0 bridgehead atoms. The summed E-state index contributed by atoms with van der Waals surface area (Å²) in [6.45, 7) is 6.76. The molecule has 3 N–H and O–H groups in total. The Morgan fingerprint density at radius 3 is 2.07 bits per heavy atom. The van der Waals surface area contributed by atoms with E-state index in [9.17, 15) is 9.59 Å². The van der Waals surface area contributed by atoms with Gasteiger partial charge >= 0.3 is 11.9 Å². The van der Waals surface area contributed by atoms with Crippen LogP contribution in [-0.4, -0.2) is 28.2 Å². The lowest BCUT2D eigenvalue weighted by atomic mass is 9.95. The van der Waals surface area contributed by atoms with E-state index in [-0.39, 0.29) is 6.42 Å². The molecule has 0 radical (unpaired) electrons. The number of ether oxygens (including phenoxy) is 1. The predicted molar refractivity (Wildman–Crippen MR) is 55.3 cm³/mol. The van der Waals surface area contributed by atoms with E-state index in [1.165, 1.54) is 0 Å². The van der Waals surface area contributed by atoms with Crippen LogP contribution in [0.2, 0.25) is 0 Å². The summed E-state index contributed by atoms with van der Waals surface area (Å²) in [4.78, 5) is 22.5. The normalized spacial score (nSPS) is 15.5. The molecular weight excluding hydrogens is 198 g/mol. The molecule has 0 aromatic rings. The Labute approximate surface area is 89.6 Å². The van der Waals surface area contributed by atoms with Crippen molar-refractivity contribution < 1.29 is 19.4 Å². The summed E-state index contributed by atoms with van der Waals surface area (Å²) >= 11 is 0. The van der Waals surface area contributed by atoms with E-state index < -0.39 is 23.1 Å². The molecular formula is C10H19NO4. The molecule has 0 aliphatic rings. The number of hydrogen-bond donors (Lipinski definition) is 2. The molecule has 0 aromatic heterocycles. The molecule has 0 saturated carbocycles. The molecule has 5 heteroatoms. The smallest absolute Gasteiger partial charge is 0.338 e. The predicted octanol–water partition coefficient (Wildman–Crippen LogP) is 0.910. The van der Waals surface area contributed by atoms with Gasteiger partial charge in [-0.25, -0.2) is 9.59 Å². The van der Waals surface area contributed by atoms with Crippen molar-refractivity contribution in [2.24, 2.45) is 5.73 Å². The van der Waals surface area contributed by atoms with Gasteiger partial charge in [-0.3, -0.25) is 0 Å². The summed E-state index contributed by atoms with van der Waals surface area (Å²) in [6.07, 6.45) is 0.569. The Kier molecular flexibility index (Phi) is 4.27. The van der Waals surface area contributed by atoms with Crippen LogP contribution in [0, 0.1) is 0 Å². The van der Waals surface area contributed by atoms with Crippen molar-refractivity contribution in [1.82, 2.24) is 0 Å². The summed E-state index contributed by atoms with van der Waals surface area (Å²) in [5.74, 6) is -2.23. The Morgan fingerprint density at radius 1 is 1.33 bits per heavy atom. The highest BCUT2D eigenvalue weighted by Crippen LogP contribution is 2.17. The topological polar surface area (TPSA) is 89.6 Å². The van der Waals surface area contributed by atoms with Crippen molar-refractivity contribution in [2.75, 3.05) is 0 Å². The Hall–Kier alpha value is -1.10. The van der Waals surface area contributed by atoms with Crippen LogP contribution in [0.3, 0.4) is 0 Å². The van der Waals surface area contributed by atoms with Crippen LogP contribution in [0.15, 0.2) is 0 Å². The number of carboxylic acid groups (broad SMARTS) is 1. The maximum Gasteiger partial charge on any atom is 0.338 e. The van der Waals surface area contributed by atoms with E-state index in [0.29, 0.717) is 6.42 Å². The van der Waals surface area contributed by atoms with Gasteiger partial charge in [0, 0.05) is 0 Å². The van der Waals surface area contributed by atoms with E-state index in [0.717, 1.165) is 0 Å². The highest BCUT2D eigenvalue weighted by atomic mass is 16.6. The molecule has 88 valence electrons. The third kappa shape index (κ3) is 3.87. The minimum absolute atomic E-state index is 0.0667. The lowest BCUT2D eigenvalue weighted by Crippen LogP contribution is -2.57. The third-order valence-corrected chi connectivity index (χ3v) is 1.79. The maximum atomic E-state index is 11.6. The zero-order valence-corrected chi connectivity index (χ0v) is 9.66. The minimum atomic E-state index is -1.93. The van der Waals surface area contributed by atoms with Crippen molar-refractivity contribution in [1.29, 1.82) is 0 Å². The first-order chi connectivity index (χ1) is 6.63. The van der Waals surface area contributed by atoms with Gasteiger partial charge in [0.15, 0.2) is 0 Å². The summed E-state index contributed by atoms with van der Waals surface area (Å²) in [7, 11) is 0. The monoisotopic (exact) mass is 217 g/mol. The van der Waals surface area contributed by atoms with E-state index in [1.807, 2.05) is 0 Å². The van der Waals surface area contributed by atoms with Crippen LogP contribution in [0.4, 0.5) is 0 Å². The molecule has 0 amide bonds. The second kappa shape index (κ2) is 4.61. The van der Waals surface area contributed by atoms with Crippen molar-refractivity contribution in [3.05, 3.63) is 0 Å². The van der Waals surface area contributed by atoms with Gasteiger partial charge in [-0.15, -0.1) is 0 Å². The SMILES string of the molecule is CCCC(N)(C(=O)O)C(=O)OC(C)(C)C. The third-order valence-electron chi connectivity index (χ3n) is 1.79. The summed E-state index contributed by atoms with van der Waals surface area (Å²) in [6, 6.07) is 0. The summed E-state index contributed by atoms with van der Waals surface area (Å²) in [5.41, 5.74) is 2.87. The van der Waals surface area contributed by atoms with Gasteiger partial charge in [0.05, 0.1) is 0 Å². The van der Waals surface area contributed by atoms with E-state index in [1.54, 1.807) is 27.7 Å². The molecule has 0 saturated heterocycles. The zero-order chi connectivity index (χ0) is 12.3. The quantitative estimate of drug-likeness (QED) is 0.539. The number of carboxylic acids is 1. The van der Waals surface area contributed by atoms with Crippen molar-refractivity contribution in [3.8, 4) is 0 Å². The first-order valence-electron chi connectivity index (χ1n) is 4.89. The molecule has 0 fully saturated rings. The Balaban J connectivity index is 4.79. The fourth-order valence-electron chi connectivity index (χ4n) is 1.06. The largest absolute Gasteiger partial charge is 0.479 e. The number of carbonyl (C=O) groups excluding carboxylic acids is 1. The number of hydrogen-bond acceptors (Lipinski definition) is 4. The van der Waals surface area contributed by atoms with Gasteiger partial charge in [-0.2, -0.15) is 0 Å². The van der Waals surface area contributed by atoms with E-state index in [2.05, 4.69) is 0 Å². The number of rotatable bonds is 4. The number of carbonyl (C=O) groups is 2. The van der Waals surface area contributed by atoms with Crippen LogP contribution < -0.4 is 5.73 Å². The van der Waals surface area contributed by atoms with E-state index >= 15 is 0 Å². The molecule has 1 unspecified atom stereocenters. The molecule has 0 aliphatic heterocycles. The van der Waals surface area contributed by atoms with Gasteiger partial charge in [-0.05, 0) is 27.2 Å². The number of aliphatic carboxylic acids is 1. The van der Waals surface area contributed by atoms with Crippen molar-refractivity contribution >= 4 is 11.9 Å².